The normalized spacial score (nSPS) is 10.7. The summed E-state index contributed by atoms with van der Waals surface area (Å²) in [5, 5.41) is 4.78. The molecule has 1 heterocycles. The molecule has 4 rings (SSSR count). The minimum Gasteiger partial charge on any atom is -0.484 e. The number of aryl methyl sites for hydroxylation is 2. The molecule has 0 fully saturated rings. The topological polar surface area (TPSA) is 27.1 Å². The fraction of sp³-hybridized carbons (Fsp3) is 0.125. The van der Waals surface area contributed by atoms with Gasteiger partial charge in [-0.05, 0) is 12.5 Å². The third kappa shape index (κ3) is 3.63. The predicted molar refractivity (Wildman–Crippen MR) is 110 cm³/mol. The van der Waals surface area contributed by atoms with E-state index in [1.807, 2.05) is 48.1 Å². The minimum atomic E-state index is 0.506. The maximum absolute atomic E-state index is 6.34. The molecule has 3 aromatic carbocycles. The number of benzene rings is 3. The average molecular weight is 354 g/mol. The molecule has 1 aromatic heterocycles. The molecule has 0 saturated heterocycles. The smallest absolute Gasteiger partial charge is 0.173 e. The number of aromatic nitrogens is 2. The first-order valence-electron chi connectivity index (χ1n) is 9.08. The molecule has 0 amide bonds. The van der Waals surface area contributed by atoms with E-state index < -0.39 is 0 Å². The quantitative estimate of drug-likeness (QED) is 0.464. The molecular formula is C24H22N2O. The van der Waals surface area contributed by atoms with Crippen LogP contribution in [0.15, 0.2) is 84.9 Å². The summed E-state index contributed by atoms with van der Waals surface area (Å²) < 4.78 is 8.25. The van der Waals surface area contributed by atoms with Crippen LogP contribution in [-0.2, 0) is 13.7 Å². The summed E-state index contributed by atoms with van der Waals surface area (Å²) in [5.74, 6) is 0.815. The van der Waals surface area contributed by atoms with Crippen molar-refractivity contribution >= 4 is 0 Å². The van der Waals surface area contributed by atoms with Crippen LogP contribution in [-0.4, -0.2) is 9.78 Å². The SMILES string of the molecule is Cc1ccc(COc2c(-c3ccccc3)nn(C)c2-c2ccccc2)cc1. The Hall–Kier alpha value is -3.33. The summed E-state index contributed by atoms with van der Waals surface area (Å²) >= 11 is 0. The zero-order valence-corrected chi connectivity index (χ0v) is 15.6. The van der Waals surface area contributed by atoms with Gasteiger partial charge in [0.15, 0.2) is 5.75 Å². The molecule has 0 radical (unpaired) electrons. The fourth-order valence-corrected chi connectivity index (χ4v) is 3.18. The number of ether oxygens (including phenoxy) is 1. The molecule has 3 heteroatoms. The average Bonchev–Trinajstić information content (AvgIpc) is 3.05. The van der Waals surface area contributed by atoms with Gasteiger partial charge in [0, 0.05) is 18.2 Å². The first-order valence-corrected chi connectivity index (χ1v) is 9.08. The Morgan fingerprint density at radius 2 is 1.37 bits per heavy atom. The summed E-state index contributed by atoms with van der Waals surface area (Å²) in [6, 6.07) is 28.9. The Morgan fingerprint density at radius 3 is 2.00 bits per heavy atom. The van der Waals surface area contributed by atoms with Crippen LogP contribution in [0.4, 0.5) is 0 Å². The van der Waals surface area contributed by atoms with Crippen LogP contribution in [0, 0.1) is 6.92 Å². The lowest BCUT2D eigenvalue weighted by molar-refractivity contribution is 0.308. The Bertz CT molecular complexity index is 1020. The largest absolute Gasteiger partial charge is 0.484 e. The first-order chi connectivity index (χ1) is 13.2. The molecule has 27 heavy (non-hydrogen) atoms. The van der Waals surface area contributed by atoms with Crippen LogP contribution in [0.3, 0.4) is 0 Å². The van der Waals surface area contributed by atoms with Crippen molar-refractivity contribution < 1.29 is 4.74 Å². The first kappa shape index (κ1) is 17.1. The van der Waals surface area contributed by atoms with E-state index in [0.717, 1.165) is 33.8 Å². The molecule has 0 aliphatic carbocycles. The second-order valence-corrected chi connectivity index (χ2v) is 6.66. The highest BCUT2D eigenvalue weighted by molar-refractivity contribution is 5.78. The second kappa shape index (κ2) is 7.50. The van der Waals surface area contributed by atoms with Crippen molar-refractivity contribution in [3.05, 3.63) is 96.1 Å². The lowest BCUT2D eigenvalue weighted by Crippen LogP contribution is -1.98. The monoisotopic (exact) mass is 354 g/mol. The number of hydrogen-bond donors (Lipinski definition) is 0. The van der Waals surface area contributed by atoms with Crippen LogP contribution >= 0.6 is 0 Å². The van der Waals surface area contributed by atoms with Gasteiger partial charge < -0.3 is 4.74 Å². The van der Waals surface area contributed by atoms with Crippen molar-refractivity contribution in [1.82, 2.24) is 9.78 Å². The van der Waals surface area contributed by atoms with Gasteiger partial charge in [0.2, 0.25) is 0 Å². The van der Waals surface area contributed by atoms with Gasteiger partial charge in [0.25, 0.3) is 0 Å². The van der Waals surface area contributed by atoms with Gasteiger partial charge in [-0.2, -0.15) is 5.10 Å². The van der Waals surface area contributed by atoms with Crippen molar-refractivity contribution in [1.29, 1.82) is 0 Å². The molecule has 0 aliphatic rings. The molecular weight excluding hydrogens is 332 g/mol. The minimum absolute atomic E-state index is 0.506. The molecule has 0 spiro atoms. The van der Waals surface area contributed by atoms with E-state index in [0.29, 0.717) is 6.61 Å². The van der Waals surface area contributed by atoms with Gasteiger partial charge in [-0.1, -0.05) is 90.5 Å². The summed E-state index contributed by atoms with van der Waals surface area (Å²) in [5.41, 5.74) is 6.38. The van der Waals surface area contributed by atoms with E-state index in [1.54, 1.807) is 0 Å². The molecule has 0 aliphatic heterocycles. The zero-order valence-electron chi connectivity index (χ0n) is 15.6. The van der Waals surface area contributed by atoms with Crippen molar-refractivity contribution in [2.45, 2.75) is 13.5 Å². The Labute approximate surface area is 159 Å². The molecule has 0 atom stereocenters. The van der Waals surface area contributed by atoms with Crippen LogP contribution in [0.1, 0.15) is 11.1 Å². The summed E-state index contributed by atoms with van der Waals surface area (Å²) in [7, 11) is 1.97. The van der Waals surface area contributed by atoms with Gasteiger partial charge in [0.1, 0.15) is 18.0 Å². The van der Waals surface area contributed by atoms with E-state index in [4.69, 9.17) is 9.84 Å². The highest BCUT2D eigenvalue weighted by Crippen LogP contribution is 2.38. The molecule has 0 unspecified atom stereocenters. The second-order valence-electron chi connectivity index (χ2n) is 6.66. The third-order valence-corrected chi connectivity index (χ3v) is 4.60. The standard InChI is InChI=1S/C24H22N2O/c1-18-13-15-19(16-14-18)17-27-24-22(20-9-5-3-6-10-20)25-26(2)23(24)21-11-7-4-8-12-21/h3-16H,17H2,1-2H3. The van der Waals surface area contributed by atoms with Crippen LogP contribution < -0.4 is 4.74 Å². The van der Waals surface area contributed by atoms with Gasteiger partial charge in [-0.25, -0.2) is 0 Å². The van der Waals surface area contributed by atoms with Crippen LogP contribution in [0.5, 0.6) is 5.75 Å². The van der Waals surface area contributed by atoms with Gasteiger partial charge >= 0.3 is 0 Å². The highest BCUT2D eigenvalue weighted by atomic mass is 16.5. The molecule has 0 bridgehead atoms. The molecule has 4 aromatic rings. The van der Waals surface area contributed by atoms with Crippen molar-refractivity contribution in [2.75, 3.05) is 0 Å². The Morgan fingerprint density at radius 1 is 0.778 bits per heavy atom. The summed E-state index contributed by atoms with van der Waals surface area (Å²) in [6.07, 6.45) is 0. The maximum atomic E-state index is 6.34. The number of hydrogen-bond acceptors (Lipinski definition) is 2. The lowest BCUT2D eigenvalue weighted by atomic mass is 10.1. The number of rotatable bonds is 5. The zero-order chi connectivity index (χ0) is 18.6. The van der Waals surface area contributed by atoms with E-state index in [-0.39, 0.29) is 0 Å². The predicted octanol–water partition coefficient (Wildman–Crippen LogP) is 5.64. The van der Waals surface area contributed by atoms with E-state index >= 15 is 0 Å². The van der Waals surface area contributed by atoms with E-state index in [1.165, 1.54) is 5.56 Å². The van der Waals surface area contributed by atoms with Gasteiger partial charge in [-0.3, -0.25) is 4.68 Å². The van der Waals surface area contributed by atoms with Crippen molar-refractivity contribution in [3.8, 4) is 28.3 Å². The maximum Gasteiger partial charge on any atom is 0.173 e. The lowest BCUT2D eigenvalue weighted by Gasteiger charge is -2.10. The number of nitrogens with zero attached hydrogens (tertiary/aromatic N) is 2. The van der Waals surface area contributed by atoms with Gasteiger partial charge in [0.05, 0.1) is 0 Å². The molecule has 134 valence electrons. The highest BCUT2D eigenvalue weighted by Gasteiger charge is 2.20. The molecule has 0 saturated carbocycles. The van der Waals surface area contributed by atoms with E-state index in [2.05, 4.69) is 55.5 Å². The van der Waals surface area contributed by atoms with Gasteiger partial charge in [-0.15, -0.1) is 0 Å². The Kier molecular flexibility index (Phi) is 4.75. The summed E-state index contributed by atoms with van der Waals surface area (Å²) in [4.78, 5) is 0. The van der Waals surface area contributed by atoms with Crippen molar-refractivity contribution in [2.24, 2.45) is 7.05 Å². The van der Waals surface area contributed by atoms with E-state index in [9.17, 15) is 0 Å². The Balaban J connectivity index is 1.77. The summed E-state index contributed by atoms with van der Waals surface area (Å²) in [6.45, 7) is 2.60. The van der Waals surface area contributed by atoms with Crippen molar-refractivity contribution in [3.63, 3.8) is 0 Å². The van der Waals surface area contributed by atoms with Crippen LogP contribution in [0.2, 0.25) is 0 Å². The third-order valence-electron chi connectivity index (χ3n) is 4.60. The fourth-order valence-electron chi connectivity index (χ4n) is 3.18. The molecule has 3 nitrogen and oxygen atoms in total. The van der Waals surface area contributed by atoms with Crippen LogP contribution in [0.25, 0.3) is 22.5 Å². The molecule has 0 N–H and O–H groups in total.